The Bertz CT molecular complexity index is 539. The highest BCUT2D eigenvalue weighted by Gasteiger charge is 2.09. The maximum atomic E-state index is 13.2. The van der Waals surface area contributed by atoms with E-state index in [4.69, 9.17) is 0 Å². The van der Waals surface area contributed by atoms with E-state index in [-0.39, 0.29) is 41.7 Å². The Morgan fingerprint density at radius 1 is 1.42 bits per heavy atom. The van der Waals surface area contributed by atoms with Gasteiger partial charge in [-0.25, -0.2) is 4.39 Å². The Morgan fingerprint density at radius 3 is 2.71 bits per heavy atom. The first-order valence-electron chi connectivity index (χ1n) is 7.91. The van der Waals surface area contributed by atoms with Gasteiger partial charge in [-0.2, -0.15) is 0 Å². The normalized spacial score (nSPS) is 12.1. The summed E-state index contributed by atoms with van der Waals surface area (Å²) in [4.78, 5) is 17.8. The van der Waals surface area contributed by atoms with Crippen LogP contribution in [0.15, 0.2) is 29.3 Å². The summed E-state index contributed by atoms with van der Waals surface area (Å²) in [7, 11) is 3.56. The Hall–Kier alpha value is -1.38. The molecular formula is C17H28FIN4O. The van der Waals surface area contributed by atoms with Crippen LogP contribution in [-0.4, -0.2) is 43.4 Å². The van der Waals surface area contributed by atoms with Gasteiger partial charge in [0.1, 0.15) is 5.82 Å². The van der Waals surface area contributed by atoms with Gasteiger partial charge in [0.2, 0.25) is 5.91 Å². The lowest BCUT2D eigenvalue weighted by Crippen LogP contribution is -2.41. The number of amides is 1. The number of rotatable bonds is 7. The lowest BCUT2D eigenvalue weighted by atomic mass is 10.2. The molecule has 0 saturated heterocycles. The molecule has 0 aromatic heterocycles. The quantitative estimate of drug-likeness (QED) is 0.382. The van der Waals surface area contributed by atoms with Crippen LogP contribution in [0.1, 0.15) is 32.3 Å². The van der Waals surface area contributed by atoms with Gasteiger partial charge in [0, 0.05) is 39.6 Å². The van der Waals surface area contributed by atoms with Crippen molar-refractivity contribution in [1.29, 1.82) is 0 Å². The molecule has 1 atom stereocenters. The number of nitrogens with zero attached hydrogens (tertiary/aromatic N) is 2. The number of aliphatic imine (C=N–C) groups is 1. The molecule has 0 spiro atoms. The van der Waals surface area contributed by atoms with Crippen molar-refractivity contribution in [1.82, 2.24) is 15.5 Å². The van der Waals surface area contributed by atoms with E-state index in [0.717, 1.165) is 12.0 Å². The van der Waals surface area contributed by atoms with Crippen LogP contribution in [0.25, 0.3) is 0 Å². The lowest BCUT2D eigenvalue weighted by Gasteiger charge is -2.22. The van der Waals surface area contributed by atoms with Crippen molar-refractivity contribution in [3.63, 3.8) is 0 Å². The monoisotopic (exact) mass is 450 g/mol. The van der Waals surface area contributed by atoms with Crippen molar-refractivity contribution in [2.24, 2.45) is 4.99 Å². The van der Waals surface area contributed by atoms with Crippen LogP contribution >= 0.6 is 24.0 Å². The number of benzene rings is 1. The van der Waals surface area contributed by atoms with E-state index in [1.54, 1.807) is 13.1 Å². The first-order chi connectivity index (χ1) is 11.0. The molecule has 0 aliphatic rings. The zero-order valence-corrected chi connectivity index (χ0v) is 17.1. The van der Waals surface area contributed by atoms with Crippen LogP contribution in [0.3, 0.4) is 0 Å². The highest BCUT2D eigenvalue weighted by Crippen LogP contribution is 2.06. The fraction of sp³-hybridized carbons (Fsp3) is 0.529. The highest BCUT2D eigenvalue weighted by molar-refractivity contribution is 14.0. The average Bonchev–Trinajstić information content (AvgIpc) is 2.51. The minimum atomic E-state index is -0.249. The Balaban J connectivity index is 0.00000529. The number of carbonyl (C=O) groups excluding carboxylic acids is 1. The zero-order valence-electron chi connectivity index (χ0n) is 14.8. The summed E-state index contributed by atoms with van der Waals surface area (Å²) in [5.74, 6) is 0.446. The smallest absolute Gasteiger partial charge is 0.221 e. The van der Waals surface area contributed by atoms with Gasteiger partial charge in [-0.1, -0.05) is 19.1 Å². The van der Waals surface area contributed by atoms with E-state index in [0.29, 0.717) is 25.5 Å². The summed E-state index contributed by atoms with van der Waals surface area (Å²) in [5.41, 5.74) is 0.866. The summed E-state index contributed by atoms with van der Waals surface area (Å²) in [6.45, 7) is 5.06. The standard InChI is InChI=1S/C17H27FN4O.HI/c1-5-13(2)21-16(23)9-10-20-17(19-3)22(4)12-14-7-6-8-15(18)11-14;/h6-8,11,13H,5,9-10,12H2,1-4H3,(H,19,20)(H,21,23);1H. The van der Waals surface area contributed by atoms with Gasteiger partial charge >= 0.3 is 0 Å². The van der Waals surface area contributed by atoms with Crippen LogP contribution in [0.4, 0.5) is 4.39 Å². The number of carbonyl (C=O) groups is 1. The summed E-state index contributed by atoms with van der Waals surface area (Å²) in [6, 6.07) is 6.67. The van der Waals surface area contributed by atoms with Gasteiger partial charge in [0.15, 0.2) is 5.96 Å². The van der Waals surface area contributed by atoms with E-state index >= 15 is 0 Å². The number of nitrogens with one attached hydrogen (secondary N) is 2. The van der Waals surface area contributed by atoms with Gasteiger partial charge in [0.05, 0.1) is 0 Å². The van der Waals surface area contributed by atoms with Crippen molar-refractivity contribution in [2.45, 2.75) is 39.3 Å². The van der Waals surface area contributed by atoms with Crippen LogP contribution in [0.5, 0.6) is 0 Å². The van der Waals surface area contributed by atoms with E-state index in [9.17, 15) is 9.18 Å². The maximum absolute atomic E-state index is 13.2. The summed E-state index contributed by atoms with van der Waals surface area (Å²) < 4.78 is 13.2. The SMILES string of the molecule is CCC(C)NC(=O)CCNC(=NC)N(C)Cc1cccc(F)c1.I. The predicted molar refractivity (Wildman–Crippen MR) is 107 cm³/mol. The van der Waals surface area contributed by atoms with Crippen LogP contribution in [-0.2, 0) is 11.3 Å². The number of hydrogen-bond donors (Lipinski definition) is 2. The first-order valence-corrected chi connectivity index (χ1v) is 7.91. The molecule has 1 unspecified atom stereocenters. The van der Waals surface area contributed by atoms with Gasteiger partial charge in [-0.3, -0.25) is 9.79 Å². The average molecular weight is 450 g/mol. The third kappa shape index (κ3) is 8.47. The summed E-state index contributed by atoms with van der Waals surface area (Å²) >= 11 is 0. The number of guanidine groups is 1. The molecule has 2 N–H and O–H groups in total. The van der Waals surface area contributed by atoms with E-state index in [1.165, 1.54) is 12.1 Å². The fourth-order valence-corrected chi connectivity index (χ4v) is 2.11. The predicted octanol–water partition coefficient (Wildman–Crippen LogP) is 2.76. The second-order valence-corrected chi connectivity index (χ2v) is 5.59. The maximum Gasteiger partial charge on any atom is 0.221 e. The molecule has 0 bridgehead atoms. The second-order valence-electron chi connectivity index (χ2n) is 5.59. The fourth-order valence-electron chi connectivity index (χ4n) is 2.11. The second kappa shape index (κ2) is 12.0. The molecule has 0 radical (unpaired) electrons. The van der Waals surface area contributed by atoms with E-state index < -0.39 is 0 Å². The van der Waals surface area contributed by atoms with Gasteiger partial charge < -0.3 is 15.5 Å². The molecule has 1 rings (SSSR count). The van der Waals surface area contributed by atoms with E-state index in [1.807, 2.05) is 31.9 Å². The summed E-state index contributed by atoms with van der Waals surface area (Å²) in [6.07, 6.45) is 1.30. The molecule has 24 heavy (non-hydrogen) atoms. The zero-order chi connectivity index (χ0) is 17.2. The summed E-state index contributed by atoms with van der Waals surface area (Å²) in [5, 5.41) is 6.07. The van der Waals surface area contributed by atoms with Crippen molar-refractivity contribution in [3.05, 3.63) is 35.6 Å². The Labute approximate surface area is 161 Å². The molecule has 5 nitrogen and oxygen atoms in total. The molecular weight excluding hydrogens is 422 g/mol. The molecule has 0 heterocycles. The first kappa shape index (κ1) is 22.6. The molecule has 0 aliphatic carbocycles. The minimum absolute atomic E-state index is 0. The molecule has 1 amide bonds. The Kier molecular flexibility index (Phi) is 11.4. The topological polar surface area (TPSA) is 56.7 Å². The van der Waals surface area contributed by atoms with Crippen molar-refractivity contribution >= 4 is 35.8 Å². The highest BCUT2D eigenvalue weighted by atomic mass is 127. The van der Waals surface area contributed by atoms with Gasteiger partial charge in [-0.05, 0) is 31.0 Å². The Morgan fingerprint density at radius 2 is 2.12 bits per heavy atom. The number of hydrogen-bond acceptors (Lipinski definition) is 2. The number of halogens is 2. The molecule has 1 aromatic rings. The van der Waals surface area contributed by atoms with Crippen LogP contribution in [0, 0.1) is 5.82 Å². The van der Waals surface area contributed by atoms with Gasteiger partial charge in [-0.15, -0.1) is 24.0 Å². The van der Waals surface area contributed by atoms with E-state index in [2.05, 4.69) is 15.6 Å². The minimum Gasteiger partial charge on any atom is -0.356 e. The molecule has 0 aliphatic heterocycles. The molecule has 7 heteroatoms. The van der Waals surface area contributed by atoms with Gasteiger partial charge in [0.25, 0.3) is 0 Å². The molecule has 0 fully saturated rings. The third-order valence-corrected chi connectivity index (χ3v) is 3.54. The van der Waals surface area contributed by atoms with Crippen molar-refractivity contribution in [3.8, 4) is 0 Å². The molecule has 0 saturated carbocycles. The van der Waals surface area contributed by atoms with Crippen molar-refractivity contribution in [2.75, 3.05) is 20.6 Å². The lowest BCUT2D eigenvalue weighted by molar-refractivity contribution is -0.121. The molecule has 1 aromatic carbocycles. The van der Waals surface area contributed by atoms with Crippen molar-refractivity contribution < 1.29 is 9.18 Å². The van der Waals surface area contributed by atoms with Crippen LogP contribution in [0.2, 0.25) is 0 Å². The largest absolute Gasteiger partial charge is 0.356 e. The molecule has 136 valence electrons. The van der Waals surface area contributed by atoms with Crippen LogP contribution < -0.4 is 10.6 Å². The third-order valence-electron chi connectivity index (χ3n) is 3.54.